The Bertz CT molecular complexity index is 955. The predicted molar refractivity (Wildman–Crippen MR) is 115 cm³/mol. The SMILES string of the molecule is CC1=C[C@H](c2c(O)cc(O)c(C(=O)C=Cc3ccccc3)c2O)[C@@H](C(C)C)CC1. The lowest BCUT2D eigenvalue weighted by molar-refractivity contribution is 0.104. The number of carbonyl (C=O) groups excluding carboxylic acids is 1. The standard InChI is InChI=1S/C25H28O4/c1-15(2)18-11-9-16(3)13-19(18)23-21(27)14-22(28)24(25(23)29)20(26)12-10-17-7-5-4-6-8-17/h4-8,10,12-15,18-19,27-29H,9,11H2,1-3H3/t18-,19+/m1/s1. The van der Waals surface area contributed by atoms with Gasteiger partial charge in [0.1, 0.15) is 22.8 Å². The van der Waals surface area contributed by atoms with Gasteiger partial charge < -0.3 is 15.3 Å². The minimum Gasteiger partial charge on any atom is -0.507 e. The monoisotopic (exact) mass is 392 g/mol. The van der Waals surface area contributed by atoms with Gasteiger partial charge in [-0.2, -0.15) is 0 Å². The molecule has 0 saturated heterocycles. The summed E-state index contributed by atoms with van der Waals surface area (Å²) in [6, 6.07) is 10.5. The zero-order valence-electron chi connectivity index (χ0n) is 17.1. The molecule has 0 aliphatic heterocycles. The molecule has 0 fully saturated rings. The lowest BCUT2D eigenvalue weighted by Gasteiger charge is -2.34. The molecule has 0 radical (unpaired) electrons. The lowest BCUT2D eigenvalue weighted by Crippen LogP contribution is -2.21. The van der Waals surface area contributed by atoms with E-state index >= 15 is 0 Å². The highest BCUT2D eigenvalue weighted by Crippen LogP contribution is 2.49. The quantitative estimate of drug-likeness (QED) is 0.342. The van der Waals surface area contributed by atoms with E-state index in [9.17, 15) is 20.1 Å². The van der Waals surface area contributed by atoms with Gasteiger partial charge in [-0.1, -0.05) is 61.9 Å². The van der Waals surface area contributed by atoms with Crippen LogP contribution in [0.5, 0.6) is 17.2 Å². The van der Waals surface area contributed by atoms with Crippen LogP contribution < -0.4 is 0 Å². The van der Waals surface area contributed by atoms with E-state index in [1.807, 2.05) is 37.3 Å². The average Bonchev–Trinajstić information content (AvgIpc) is 2.66. The predicted octanol–water partition coefficient (Wildman–Crippen LogP) is 5.80. The molecular formula is C25H28O4. The van der Waals surface area contributed by atoms with E-state index in [2.05, 4.69) is 19.9 Å². The van der Waals surface area contributed by atoms with Crippen LogP contribution in [-0.2, 0) is 0 Å². The maximum absolute atomic E-state index is 12.8. The maximum atomic E-state index is 12.8. The van der Waals surface area contributed by atoms with E-state index in [0.29, 0.717) is 11.5 Å². The fourth-order valence-corrected chi connectivity index (χ4v) is 4.18. The fourth-order valence-electron chi connectivity index (χ4n) is 4.18. The molecule has 2 aromatic rings. The van der Waals surface area contributed by atoms with Crippen LogP contribution in [-0.4, -0.2) is 21.1 Å². The normalized spacial score (nSPS) is 19.5. The average molecular weight is 392 g/mol. The van der Waals surface area contributed by atoms with Crippen molar-refractivity contribution >= 4 is 11.9 Å². The smallest absolute Gasteiger partial charge is 0.193 e. The molecule has 3 N–H and O–H groups in total. The van der Waals surface area contributed by atoms with Crippen molar-refractivity contribution in [2.45, 2.75) is 39.5 Å². The second-order valence-electron chi connectivity index (χ2n) is 8.15. The summed E-state index contributed by atoms with van der Waals surface area (Å²) in [5.74, 6) is -1.12. The highest BCUT2D eigenvalue weighted by atomic mass is 16.3. The maximum Gasteiger partial charge on any atom is 0.193 e. The van der Waals surface area contributed by atoms with Crippen molar-refractivity contribution in [2.75, 3.05) is 0 Å². The Morgan fingerprint density at radius 2 is 1.79 bits per heavy atom. The van der Waals surface area contributed by atoms with Crippen molar-refractivity contribution in [2.24, 2.45) is 11.8 Å². The molecule has 0 spiro atoms. The summed E-state index contributed by atoms with van der Waals surface area (Å²) in [4.78, 5) is 12.8. The molecule has 0 amide bonds. The first kappa shape index (κ1) is 20.7. The number of rotatable bonds is 5. The number of benzene rings is 2. The zero-order valence-corrected chi connectivity index (χ0v) is 17.1. The van der Waals surface area contributed by atoms with E-state index in [1.54, 1.807) is 6.08 Å². The molecule has 2 atom stereocenters. The van der Waals surface area contributed by atoms with Gasteiger partial charge in [0.2, 0.25) is 0 Å². The van der Waals surface area contributed by atoms with Gasteiger partial charge in [-0.25, -0.2) is 0 Å². The van der Waals surface area contributed by atoms with Crippen molar-refractivity contribution in [3.8, 4) is 17.2 Å². The second-order valence-corrected chi connectivity index (χ2v) is 8.15. The number of hydrogen-bond donors (Lipinski definition) is 3. The van der Waals surface area contributed by atoms with Gasteiger partial charge in [0.25, 0.3) is 0 Å². The van der Waals surface area contributed by atoms with E-state index in [1.165, 1.54) is 11.6 Å². The van der Waals surface area contributed by atoms with Crippen LogP contribution in [0, 0.1) is 11.8 Å². The summed E-state index contributed by atoms with van der Waals surface area (Å²) in [6.45, 7) is 6.28. The third-order valence-corrected chi connectivity index (χ3v) is 5.76. The van der Waals surface area contributed by atoms with Crippen LogP contribution in [0.15, 0.2) is 54.1 Å². The van der Waals surface area contributed by atoms with Crippen molar-refractivity contribution < 1.29 is 20.1 Å². The summed E-state index contributed by atoms with van der Waals surface area (Å²) < 4.78 is 0. The van der Waals surface area contributed by atoms with Crippen LogP contribution in [0.3, 0.4) is 0 Å². The lowest BCUT2D eigenvalue weighted by atomic mass is 9.71. The van der Waals surface area contributed by atoms with Gasteiger partial charge in [-0.15, -0.1) is 0 Å². The number of aromatic hydroxyl groups is 3. The summed E-state index contributed by atoms with van der Waals surface area (Å²) >= 11 is 0. The molecular weight excluding hydrogens is 364 g/mol. The molecule has 4 heteroatoms. The largest absolute Gasteiger partial charge is 0.507 e. The number of ketones is 1. The molecule has 29 heavy (non-hydrogen) atoms. The van der Waals surface area contributed by atoms with E-state index in [0.717, 1.165) is 24.5 Å². The highest BCUT2D eigenvalue weighted by molar-refractivity contribution is 6.11. The summed E-state index contributed by atoms with van der Waals surface area (Å²) in [7, 11) is 0. The Hall–Kier alpha value is -3.01. The molecule has 152 valence electrons. The Labute approximate surface area is 171 Å². The third-order valence-electron chi connectivity index (χ3n) is 5.76. The minimum absolute atomic E-state index is 0.177. The van der Waals surface area contributed by atoms with Crippen molar-refractivity contribution in [3.63, 3.8) is 0 Å². The fraction of sp³-hybridized carbons (Fsp3) is 0.320. The Balaban J connectivity index is 2.05. The van der Waals surface area contributed by atoms with Crippen LogP contribution >= 0.6 is 0 Å². The Morgan fingerprint density at radius 3 is 2.45 bits per heavy atom. The second kappa shape index (κ2) is 8.56. The van der Waals surface area contributed by atoms with Gasteiger partial charge in [0.05, 0.1) is 0 Å². The van der Waals surface area contributed by atoms with Crippen LogP contribution in [0.25, 0.3) is 6.08 Å². The molecule has 0 unspecified atom stereocenters. The zero-order chi connectivity index (χ0) is 21.1. The van der Waals surface area contributed by atoms with Gasteiger partial charge in [0.15, 0.2) is 5.78 Å². The van der Waals surface area contributed by atoms with Gasteiger partial charge in [-0.05, 0) is 43.2 Å². The van der Waals surface area contributed by atoms with Crippen LogP contribution in [0.2, 0.25) is 0 Å². The summed E-state index contributed by atoms with van der Waals surface area (Å²) in [6.07, 6.45) is 6.95. The molecule has 0 saturated carbocycles. The van der Waals surface area contributed by atoms with E-state index < -0.39 is 11.5 Å². The number of phenols is 3. The van der Waals surface area contributed by atoms with E-state index in [-0.39, 0.29) is 28.9 Å². The molecule has 1 aliphatic rings. The van der Waals surface area contributed by atoms with E-state index in [4.69, 9.17) is 0 Å². The van der Waals surface area contributed by atoms with Gasteiger partial charge in [0, 0.05) is 17.5 Å². The first-order valence-electron chi connectivity index (χ1n) is 10.0. The number of carbonyl (C=O) groups is 1. The third kappa shape index (κ3) is 4.37. The first-order valence-corrected chi connectivity index (χ1v) is 10.0. The molecule has 2 aromatic carbocycles. The van der Waals surface area contributed by atoms with Crippen LogP contribution in [0.4, 0.5) is 0 Å². The number of hydrogen-bond acceptors (Lipinski definition) is 4. The molecule has 0 heterocycles. The Kier molecular flexibility index (Phi) is 6.12. The number of phenolic OH excluding ortho intramolecular Hbond substituents is 3. The summed E-state index contributed by atoms with van der Waals surface area (Å²) in [5.41, 5.74) is 2.17. The van der Waals surface area contributed by atoms with Crippen molar-refractivity contribution in [1.29, 1.82) is 0 Å². The van der Waals surface area contributed by atoms with Gasteiger partial charge in [-0.3, -0.25) is 4.79 Å². The summed E-state index contributed by atoms with van der Waals surface area (Å²) in [5, 5.41) is 31.8. The molecule has 4 nitrogen and oxygen atoms in total. The molecule has 1 aliphatic carbocycles. The topological polar surface area (TPSA) is 77.8 Å². The minimum atomic E-state index is -0.511. The molecule has 0 bridgehead atoms. The number of allylic oxidation sites excluding steroid dienone is 3. The van der Waals surface area contributed by atoms with Crippen molar-refractivity contribution in [3.05, 3.63) is 70.8 Å². The molecule has 0 aromatic heterocycles. The van der Waals surface area contributed by atoms with Gasteiger partial charge >= 0.3 is 0 Å². The molecule has 3 rings (SSSR count). The highest BCUT2D eigenvalue weighted by Gasteiger charge is 2.33. The first-order chi connectivity index (χ1) is 13.8. The van der Waals surface area contributed by atoms with Crippen LogP contribution in [0.1, 0.15) is 61.0 Å². The Morgan fingerprint density at radius 1 is 1.10 bits per heavy atom. The van der Waals surface area contributed by atoms with Crippen molar-refractivity contribution in [1.82, 2.24) is 0 Å².